The smallest absolute Gasteiger partial charge is 0.338 e. The summed E-state index contributed by atoms with van der Waals surface area (Å²) >= 11 is 0. The lowest BCUT2D eigenvalue weighted by molar-refractivity contribution is -0.119. The van der Waals surface area contributed by atoms with Gasteiger partial charge in [-0.2, -0.15) is 8.78 Å². The third-order valence-corrected chi connectivity index (χ3v) is 3.97. The standard InChI is InChI=1S/C19H17F2N3O5/c1-27-15-8-11(6-7-14(15)28-9-16(22)25)18(26)29-10-17-23-12-4-2-3-5-13(12)24(17)19(20)21/h2-8,19H,9-10H2,1H3,(H2,22,25). The summed E-state index contributed by atoms with van der Waals surface area (Å²) < 4.78 is 43.0. The van der Waals surface area contributed by atoms with Gasteiger partial charge in [-0.1, -0.05) is 12.1 Å². The Bertz CT molecular complexity index is 1050. The predicted molar refractivity (Wildman–Crippen MR) is 97.8 cm³/mol. The quantitative estimate of drug-likeness (QED) is 0.578. The van der Waals surface area contributed by atoms with Gasteiger partial charge in [-0.15, -0.1) is 0 Å². The van der Waals surface area contributed by atoms with Gasteiger partial charge in [-0.3, -0.25) is 9.36 Å². The first kappa shape index (κ1) is 20.1. The summed E-state index contributed by atoms with van der Waals surface area (Å²) in [5.74, 6) is -1.12. The lowest BCUT2D eigenvalue weighted by atomic mass is 10.2. The zero-order valence-electron chi connectivity index (χ0n) is 15.3. The normalized spacial score (nSPS) is 10.9. The van der Waals surface area contributed by atoms with E-state index >= 15 is 0 Å². The van der Waals surface area contributed by atoms with E-state index in [-0.39, 0.29) is 35.0 Å². The fraction of sp³-hybridized carbons (Fsp3) is 0.211. The Hall–Kier alpha value is -3.69. The number of ether oxygens (including phenoxy) is 3. The van der Waals surface area contributed by atoms with Gasteiger partial charge in [0.1, 0.15) is 6.61 Å². The molecule has 0 aliphatic rings. The molecular weight excluding hydrogens is 388 g/mol. The molecule has 3 aromatic rings. The molecule has 152 valence electrons. The molecule has 0 saturated carbocycles. The number of para-hydroxylation sites is 2. The second kappa shape index (κ2) is 8.55. The average Bonchev–Trinajstić information content (AvgIpc) is 3.08. The van der Waals surface area contributed by atoms with Gasteiger partial charge in [0.25, 0.3) is 5.91 Å². The van der Waals surface area contributed by atoms with Gasteiger partial charge < -0.3 is 19.9 Å². The minimum absolute atomic E-state index is 0.0806. The van der Waals surface area contributed by atoms with Crippen molar-refractivity contribution in [3.63, 3.8) is 0 Å². The Kier molecular flexibility index (Phi) is 5.91. The van der Waals surface area contributed by atoms with Crippen LogP contribution in [-0.2, 0) is 16.1 Å². The molecule has 0 unspecified atom stereocenters. The summed E-state index contributed by atoms with van der Waals surface area (Å²) in [6, 6.07) is 10.5. The average molecular weight is 405 g/mol. The molecule has 0 bridgehead atoms. The number of imidazole rings is 1. The molecule has 10 heteroatoms. The Balaban J connectivity index is 1.76. The van der Waals surface area contributed by atoms with Crippen LogP contribution in [0.25, 0.3) is 11.0 Å². The fourth-order valence-corrected chi connectivity index (χ4v) is 2.69. The van der Waals surface area contributed by atoms with Gasteiger partial charge in [0.15, 0.2) is 23.9 Å². The van der Waals surface area contributed by atoms with Crippen molar-refractivity contribution in [1.82, 2.24) is 9.55 Å². The first-order chi connectivity index (χ1) is 13.9. The number of carbonyl (C=O) groups is 2. The largest absolute Gasteiger partial charge is 0.493 e. The van der Waals surface area contributed by atoms with E-state index in [1.54, 1.807) is 18.2 Å². The maximum Gasteiger partial charge on any atom is 0.338 e. The molecule has 2 N–H and O–H groups in total. The molecular formula is C19H17F2N3O5. The molecule has 0 fully saturated rings. The molecule has 2 aromatic carbocycles. The molecule has 0 radical (unpaired) electrons. The molecule has 1 amide bonds. The van der Waals surface area contributed by atoms with Crippen LogP contribution in [-0.4, -0.2) is 35.1 Å². The van der Waals surface area contributed by atoms with Gasteiger partial charge in [0, 0.05) is 0 Å². The summed E-state index contributed by atoms with van der Waals surface area (Å²) in [5, 5.41) is 0. The van der Waals surface area contributed by atoms with Crippen molar-refractivity contribution in [2.45, 2.75) is 13.2 Å². The molecule has 29 heavy (non-hydrogen) atoms. The van der Waals surface area contributed by atoms with E-state index in [0.29, 0.717) is 10.1 Å². The van der Waals surface area contributed by atoms with Crippen LogP contribution in [0.15, 0.2) is 42.5 Å². The minimum atomic E-state index is -2.84. The summed E-state index contributed by atoms with van der Waals surface area (Å²) in [4.78, 5) is 27.3. The highest BCUT2D eigenvalue weighted by molar-refractivity contribution is 5.90. The highest BCUT2D eigenvalue weighted by Gasteiger charge is 2.19. The monoisotopic (exact) mass is 405 g/mol. The van der Waals surface area contributed by atoms with Gasteiger partial charge in [-0.05, 0) is 30.3 Å². The van der Waals surface area contributed by atoms with Crippen LogP contribution >= 0.6 is 0 Å². The molecule has 0 saturated heterocycles. The molecule has 8 nitrogen and oxygen atoms in total. The van der Waals surface area contributed by atoms with Gasteiger partial charge in [-0.25, -0.2) is 9.78 Å². The molecule has 0 aliphatic carbocycles. The Morgan fingerprint density at radius 2 is 1.93 bits per heavy atom. The van der Waals surface area contributed by atoms with Crippen LogP contribution in [0.1, 0.15) is 22.7 Å². The number of nitrogens with zero attached hydrogens (tertiary/aromatic N) is 2. The number of hydrogen-bond donors (Lipinski definition) is 1. The van der Waals surface area contributed by atoms with Crippen molar-refractivity contribution >= 4 is 22.9 Å². The SMILES string of the molecule is COc1cc(C(=O)OCc2nc3ccccc3n2C(F)F)ccc1OCC(N)=O. The van der Waals surface area contributed by atoms with Crippen molar-refractivity contribution in [3.8, 4) is 11.5 Å². The first-order valence-electron chi connectivity index (χ1n) is 8.41. The van der Waals surface area contributed by atoms with Crippen LogP contribution < -0.4 is 15.2 Å². The molecule has 0 aliphatic heterocycles. The fourth-order valence-electron chi connectivity index (χ4n) is 2.69. The zero-order valence-corrected chi connectivity index (χ0v) is 15.3. The Labute approximate surface area is 163 Å². The van der Waals surface area contributed by atoms with E-state index in [1.165, 1.54) is 31.4 Å². The number of halogens is 2. The maximum atomic E-state index is 13.4. The number of aromatic nitrogens is 2. The highest BCUT2D eigenvalue weighted by Crippen LogP contribution is 2.29. The number of methoxy groups -OCH3 is 1. The van der Waals surface area contributed by atoms with Gasteiger partial charge >= 0.3 is 12.5 Å². The third kappa shape index (κ3) is 4.42. The number of carbonyl (C=O) groups excluding carboxylic acids is 2. The van der Waals surface area contributed by atoms with Crippen LogP contribution in [0, 0.1) is 0 Å². The highest BCUT2D eigenvalue weighted by atomic mass is 19.3. The molecule has 0 atom stereocenters. The van der Waals surface area contributed by atoms with E-state index in [9.17, 15) is 18.4 Å². The number of alkyl halides is 2. The van der Waals surface area contributed by atoms with E-state index in [1.807, 2.05) is 0 Å². The Morgan fingerprint density at radius 1 is 1.17 bits per heavy atom. The predicted octanol–water partition coefficient (Wildman–Crippen LogP) is 2.66. The van der Waals surface area contributed by atoms with Crippen LogP contribution in [0.3, 0.4) is 0 Å². The second-order valence-electron chi connectivity index (χ2n) is 5.86. The van der Waals surface area contributed by atoms with Gasteiger partial charge in [0.2, 0.25) is 0 Å². The zero-order chi connectivity index (χ0) is 21.0. The number of amides is 1. The number of rotatable bonds is 8. The summed E-state index contributed by atoms with van der Waals surface area (Å²) in [6.45, 7) is -3.64. The number of nitrogens with two attached hydrogens (primary N) is 1. The minimum Gasteiger partial charge on any atom is -0.493 e. The van der Waals surface area contributed by atoms with E-state index in [4.69, 9.17) is 19.9 Å². The number of benzene rings is 2. The number of fused-ring (bicyclic) bond motifs is 1. The number of hydrogen-bond acceptors (Lipinski definition) is 6. The van der Waals surface area contributed by atoms with Crippen LogP contribution in [0.5, 0.6) is 11.5 Å². The Morgan fingerprint density at radius 3 is 2.62 bits per heavy atom. The summed E-state index contributed by atoms with van der Waals surface area (Å²) in [7, 11) is 1.35. The summed E-state index contributed by atoms with van der Waals surface area (Å²) in [5.41, 5.74) is 5.74. The third-order valence-electron chi connectivity index (χ3n) is 3.97. The first-order valence-corrected chi connectivity index (χ1v) is 8.41. The van der Waals surface area contributed by atoms with Crippen molar-refractivity contribution < 1.29 is 32.6 Å². The van der Waals surface area contributed by atoms with Crippen molar-refractivity contribution in [2.24, 2.45) is 5.73 Å². The molecule has 1 heterocycles. The van der Waals surface area contributed by atoms with E-state index in [0.717, 1.165) is 0 Å². The van der Waals surface area contributed by atoms with Crippen molar-refractivity contribution in [1.29, 1.82) is 0 Å². The van der Waals surface area contributed by atoms with E-state index < -0.39 is 25.0 Å². The number of esters is 1. The van der Waals surface area contributed by atoms with Crippen LogP contribution in [0.4, 0.5) is 8.78 Å². The van der Waals surface area contributed by atoms with Gasteiger partial charge in [0.05, 0.1) is 23.7 Å². The second-order valence-corrected chi connectivity index (χ2v) is 5.86. The summed E-state index contributed by atoms with van der Waals surface area (Å²) in [6.07, 6.45) is 0. The van der Waals surface area contributed by atoms with Crippen LogP contribution in [0.2, 0.25) is 0 Å². The molecule has 1 aromatic heterocycles. The van der Waals surface area contributed by atoms with E-state index in [2.05, 4.69) is 4.98 Å². The molecule has 0 spiro atoms. The maximum absolute atomic E-state index is 13.4. The lowest BCUT2D eigenvalue weighted by Gasteiger charge is -2.11. The topological polar surface area (TPSA) is 106 Å². The molecule has 3 rings (SSSR count). The van der Waals surface area contributed by atoms with Crippen molar-refractivity contribution in [3.05, 3.63) is 53.9 Å². The van der Waals surface area contributed by atoms with Crippen molar-refractivity contribution in [2.75, 3.05) is 13.7 Å². The number of primary amides is 1. The lowest BCUT2D eigenvalue weighted by Crippen LogP contribution is -2.20.